The van der Waals surface area contributed by atoms with Crippen LogP contribution in [-0.2, 0) is 10.2 Å². The van der Waals surface area contributed by atoms with Gasteiger partial charge in [-0.2, -0.15) is 12.7 Å². The van der Waals surface area contributed by atoms with Gasteiger partial charge in [0, 0.05) is 51.7 Å². The zero-order chi connectivity index (χ0) is 29.5. The quantitative estimate of drug-likeness (QED) is 0.453. The number of halogens is 1. The second kappa shape index (κ2) is 11.5. The third-order valence-electron chi connectivity index (χ3n) is 8.25. The first-order chi connectivity index (χ1) is 19.3. The third-order valence-corrected chi connectivity index (χ3v) is 9.70. The molecule has 41 heavy (non-hydrogen) atoms. The number of benzene rings is 1. The molecule has 1 aromatic heterocycles. The first kappa shape index (κ1) is 29.7. The summed E-state index contributed by atoms with van der Waals surface area (Å²) in [4.78, 5) is 20.6. The number of fused-ring (bicyclic) bond motifs is 2. The highest BCUT2D eigenvalue weighted by Gasteiger charge is 2.40. The van der Waals surface area contributed by atoms with E-state index in [9.17, 15) is 17.6 Å². The Hall–Kier alpha value is -2.76. The average Bonchev–Trinajstić information content (AvgIpc) is 3.36. The highest BCUT2D eigenvalue weighted by atomic mass is 32.2. The Bertz CT molecular complexity index is 1410. The van der Waals surface area contributed by atoms with Crippen molar-refractivity contribution < 1.29 is 25.2 Å². The number of aromatic nitrogens is 1. The second-order valence-corrected chi connectivity index (χ2v) is 14.6. The first-order valence-electron chi connectivity index (χ1n) is 14.6. The number of pyridine rings is 1. The van der Waals surface area contributed by atoms with Crippen LogP contribution in [0.5, 0.6) is 5.75 Å². The molecule has 3 fully saturated rings. The van der Waals surface area contributed by atoms with E-state index in [1.165, 1.54) is 16.4 Å². The summed E-state index contributed by atoms with van der Waals surface area (Å²) in [5.74, 6) is 0.238. The van der Waals surface area contributed by atoms with Gasteiger partial charge in [0.1, 0.15) is 17.4 Å². The molecular weight excluding hydrogens is 545 g/mol. The number of carbonyl (C=O) groups excluding carboxylic acids is 1. The third kappa shape index (κ3) is 6.67. The maximum absolute atomic E-state index is 14.6. The van der Waals surface area contributed by atoms with Crippen molar-refractivity contribution in [2.45, 2.75) is 77.9 Å². The molecule has 2 bridgehead atoms. The van der Waals surface area contributed by atoms with Crippen LogP contribution in [0.2, 0.25) is 0 Å². The van der Waals surface area contributed by atoms with Crippen LogP contribution in [-0.4, -0.2) is 67.5 Å². The van der Waals surface area contributed by atoms with E-state index in [2.05, 4.69) is 35.7 Å². The van der Waals surface area contributed by atoms with Crippen molar-refractivity contribution >= 4 is 21.9 Å². The molecule has 228 valence electrons. The highest BCUT2D eigenvalue weighted by molar-refractivity contribution is 7.87. The fraction of sp³-hybridized carbons (Fsp3) is 0.600. The van der Waals surface area contributed by atoms with Crippen molar-refractivity contribution in [3.05, 3.63) is 41.7 Å². The number of rotatable bonds is 8. The summed E-state index contributed by atoms with van der Waals surface area (Å²) in [6, 6.07) is 8.10. The van der Waals surface area contributed by atoms with E-state index in [1.807, 2.05) is 13.8 Å². The van der Waals surface area contributed by atoms with Crippen molar-refractivity contribution in [2.24, 2.45) is 11.8 Å². The van der Waals surface area contributed by atoms with Crippen LogP contribution in [0.15, 0.2) is 30.3 Å². The van der Waals surface area contributed by atoms with Gasteiger partial charge in [0.15, 0.2) is 0 Å². The van der Waals surface area contributed by atoms with Crippen LogP contribution in [0.4, 0.5) is 10.2 Å². The lowest BCUT2D eigenvalue weighted by Gasteiger charge is -2.34. The molecule has 9 nitrogen and oxygen atoms in total. The summed E-state index contributed by atoms with van der Waals surface area (Å²) >= 11 is 0. The van der Waals surface area contributed by atoms with E-state index in [1.54, 1.807) is 18.2 Å². The standard InChI is InChI=1S/C30H42FN5O4S.2H2/c1-19(2)18-40-25-13-21(12-22(31)14-25)27-9-8-26(28(33-27)36-16-20(3)15-30(36,4)5)29(37)34-41(38,39)35-11-10-23-6-7-24(17-35)32-23;;/h8-9,12-14,19-20,23-24,32H,6-7,10-11,15-18H2,1-5H3,(H,34,37);2*1H/t20-,23?,24?;;/m0../s1. The zero-order valence-corrected chi connectivity index (χ0v) is 25.4. The van der Waals surface area contributed by atoms with Gasteiger partial charge < -0.3 is 15.0 Å². The summed E-state index contributed by atoms with van der Waals surface area (Å²) in [6.45, 7) is 12.1. The number of carbonyl (C=O) groups is 1. The molecule has 3 aliphatic rings. The molecule has 5 rings (SSSR count). The van der Waals surface area contributed by atoms with Gasteiger partial charge in [0.2, 0.25) is 0 Å². The van der Waals surface area contributed by atoms with Gasteiger partial charge in [-0.1, -0.05) is 20.8 Å². The fourth-order valence-corrected chi connectivity index (χ4v) is 7.57. The van der Waals surface area contributed by atoms with E-state index in [0.717, 1.165) is 19.3 Å². The lowest BCUT2D eigenvalue weighted by molar-refractivity contribution is 0.0979. The van der Waals surface area contributed by atoms with Crippen LogP contribution in [0, 0.1) is 17.7 Å². The SMILES string of the molecule is CC(C)COc1cc(F)cc(-c2ccc(C(=O)NS(=O)(=O)N3CCC4CCC(C3)N4)c(N3C[C@@H](C)CC3(C)C)n2)c1.[HH].[HH]. The molecule has 3 saturated heterocycles. The van der Waals surface area contributed by atoms with E-state index in [4.69, 9.17) is 9.72 Å². The van der Waals surface area contributed by atoms with Crippen LogP contribution in [0.3, 0.4) is 0 Å². The van der Waals surface area contributed by atoms with Crippen molar-refractivity contribution in [3.8, 4) is 17.0 Å². The van der Waals surface area contributed by atoms with Gasteiger partial charge in [-0.25, -0.2) is 14.1 Å². The van der Waals surface area contributed by atoms with Crippen molar-refractivity contribution in [3.63, 3.8) is 0 Å². The molecule has 2 N–H and O–H groups in total. The van der Waals surface area contributed by atoms with E-state index < -0.39 is 21.9 Å². The predicted octanol–water partition coefficient (Wildman–Crippen LogP) is 4.84. The largest absolute Gasteiger partial charge is 0.493 e. The lowest BCUT2D eigenvalue weighted by atomic mass is 9.97. The molecule has 0 spiro atoms. The summed E-state index contributed by atoms with van der Waals surface area (Å²) < 4.78 is 50.8. The Balaban J connectivity index is 0.00000253. The van der Waals surface area contributed by atoms with Crippen molar-refractivity contribution in [1.82, 2.24) is 19.3 Å². The number of nitrogens with zero attached hydrogens (tertiary/aromatic N) is 3. The number of anilines is 1. The molecule has 11 heteroatoms. The molecule has 4 heterocycles. The maximum atomic E-state index is 14.6. The number of ether oxygens (including phenoxy) is 1. The van der Waals surface area contributed by atoms with Gasteiger partial charge in [-0.15, -0.1) is 0 Å². The van der Waals surface area contributed by atoms with E-state index in [-0.39, 0.29) is 25.9 Å². The molecule has 0 saturated carbocycles. The number of hydrogen-bond acceptors (Lipinski definition) is 7. The minimum atomic E-state index is -4.06. The van der Waals surface area contributed by atoms with Gasteiger partial charge in [0.25, 0.3) is 5.91 Å². The smallest absolute Gasteiger partial charge is 0.304 e. The molecule has 1 aromatic carbocycles. The minimum absolute atomic E-state index is 0. The summed E-state index contributed by atoms with van der Waals surface area (Å²) in [5, 5.41) is 3.47. The Morgan fingerprint density at radius 3 is 2.66 bits per heavy atom. The van der Waals surface area contributed by atoms with Gasteiger partial charge in [-0.3, -0.25) is 4.79 Å². The van der Waals surface area contributed by atoms with Crippen molar-refractivity contribution in [1.29, 1.82) is 0 Å². The summed E-state index contributed by atoms with van der Waals surface area (Å²) in [7, 11) is -4.06. The van der Waals surface area contributed by atoms with Gasteiger partial charge in [0.05, 0.1) is 17.9 Å². The molecule has 3 atom stereocenters. The van der Waals surface area contributed by atoms with Gasteiger partial charge >= 0.3 is 10.2 Å². The van der Waals surface area contributed by atoms with Crippen LogP contribution in [0.25, 0.3) is 11.3 Å². The predicted molar refractivity (Wildman–Crippen MR) is 162 cm³/mol. The second-order valence-electron chi connectivity index (χ2n) is 12.9. The Kier molecular flexibility index (Phi) is 8.33. The number of nitrogens with one attached hydrogen (secondary N) is 2. The minimum Gasteiger partial charge on any atom is -0.493 e. The number of amides is 1. The molecule has 2 unspecified atom stereocenters. The Labute approximate surface area is 246 Å². The Morgan fingerprint density at radius 1 is 1.20 bits per heavy atom. The normalized spacial score (nSPS) is 24.5. The molecule has 0 radical (unpaired) electrons. The molecule has 3 aliphatic heterocycles. The van der Waals surface area contributed by atoms with Crippen molar-refractivity contribution in [2.75, 3.05) is 31.1 Å². The molecule has 2 aromatic rings. The zero-order valence-electron chi connectivity index (χ0n) is 24.6. The molecule has 1 amide bonds. The monoisotopic (exact) mass is 591 g/mol. The molecular formula is C30H46FN5O4S. The topological polar surface area (TPSA) is 104 Å². The summed E-state index contributed by atoms with van der Waals surface area (Å²) in [6.07, 6.45) is 3.57. The summed E-state index contributed by atoms with van der Waals surface area (Å²) in [5.41, 5.74) is 0.837. The Morgan fingerprint density at radius 2 is 1.95 bits per heavy atom. The van der Waals surface area contributed by atoms with E-state index in [0.29, 0.717) is 67.4 Å². The average molecular weight is 592 g/mol. The first-order valence-corrected chi connectivity index (χ1v) is 16.1. The highest BCUT2D eigenvalue weighted by Crippen LogP contribution is 2.38. The van der Waals surface area contributed by atoms with Crippen LogP contribution < -0.4 is 19.7 Å². The number of hydrogen-bond donors (Lipinski definition) is 2. The lowest BCUT2D eigenvalue weighted by Crippen LogP contribution is -2.47. The fourth-order valence-electron chi connectivity index (χ4n) is 6.37. The van der Waals surface area contributed by atoms with Crippen LogP contribution in [0.1, 0.15) is 73.5 Å². The van der Waals surface area contributed by atoms with E-state index >= 15 is 0 Å². The van der Waals surface area contributed by atoms with Crippen LogP contribution >= 0.6 is 0 Å². The van der Waals surface area contributed by atoms with Gasteiger partial charge in [-0.05, 0) is 75.6 Å². The molecule has 0 aliphatic carbocycles. The maximum Gasteiger partial charge on any atom is 0.304 e.